The molecule has 0 aliphatic carbocycles. The number of rotatable bonds is 2. The van der Waals surface area contributed by atoms with Crippen LogP contribution in [0.5, 0.6) is 0 Å². The van der Waals surface area contributed by atoms with E-state index in [1.54, 1.807) is 6.20 Å². The molecule has 2 aliphatic heterocycles. The van der Waals surface area contributed by atoms with Crippen molar-refractivity contribution in [2.75, 3.05) is 38.1 Å². The minimum absolute atomic E-state index is 0.358. The summed E-state index contributed by atoms with van der Waals surface area (Å²) in [6.07, 6.45) is 3.56. The van der Waals surface area contributed by atoms with Crippen molar-refractivity contribution >= 4 is 18.5 Å². The quantitative estimate of drug-likeness (QED) is 0.743. The molecule has 0 spiro atoms. The highest BCUT2D eigenvalue weighted by Crippen LogP contribution is 2.36. The molecular formula is C15H25BN4O2. The molecule has 1 aromatic rings. The molecule has 3 heterocycles. The van der Waals surface area contributed by atoms with Gasteiger partial charge in [-0.15, -0.1) is 0 Å². The van der Waals surface area contributed by atoms with E-state index in [2.05, 4.69) is 21.8 Å². The second kappa shape index (κ2) is 5.47. The van der Waals surface area contributed by atoms with Crippen LogP contribution in [0.25, 0.3) is 0 Å². The van der Waals surface area contributed by atoms with Crippen molar-refractivity contribution in [2.24, 2.45) is 0 Å². The lowest BCUT2D eigenvalue weighted by Gasteiger charge is -2.33. The van der Waals surface area contributed by atoms with Gasteiger partial charge in [-0.25, -0.2) is 4.98 Å². The first-order chi connectivity index (χ1) is 10.3. The van der Waals surface area contributed by atoms with E-state index < -0.39 is 7.12 Å². The van der Waals surface area contributed by atoms with Crippen LogP contribution >= 0.6 is 0 Å². The molecule has 2 fully saturated rings. The van der Waals surface area contributed by atoms with Gasteiger partial charge >= 0.3 is 7.12 Å². The fraction of sp³-hybridized carbons (Fsp3) is 0.733. The van der Waals surface area contributed by atoms with E-state index in [9.17, 15) is 0 Å². The molecule has 0 atom stereocenters. The minimum atomic E-state index is -0.454. The summed E-state index contributed by atoms with van der Waals surface area (Å²) in [5.74, 6) is 0.903. The number of hydrogen-bond donors (Lipinski definition) is 0. The maximum absolute atomic E-state index is 6.06. The monoisotopic (exact) mass is 304 g/mol. The molecule has 120 valence electrons. The van der Waals surface area contributed by atoms with Gasteiger partial charge in [-0.3, -0.25) is 4.98 Å². The summed E-state index contributed by atoms with van der Waals surface area (Å²) in [5.41, 5.74) is 0.0295. The van der Waals surface area contributed by atoms with Crippen molar-refractivity contribution in [2.45, 2.75) is 38.9 Å². The maximum Gasteiger partial charge on any atom is 0.516 e. The van der Waals surface area contributed by atoms with Crippen molar-refractivity contribution in [3.63, 3.8) is 0 Å². The Morgan fingerprint density at radius 3 is 2.18 bits per heavy atom. The molecule has 0 unspecified atom stereocenters. The fourth-order valence-corrected chi connectivity index (χ4v) is 2.64. The molecular weight excluding hydrogens is 279 g/mol. The number of piperazine rings is 1. The van der Waals surface area contributed by atoms with Crippen molar-refractivity contribution in [1.29, 1.82) is 0 Å². The highest BCUT2D eigenvalue weighted by atomic mass is 16.7. The predicted molar refractivity (Wildman–Crippen MR) is 87.5 cm³/mol. The highest BCUT2D eigenvalue weighted by Gasteiger charge is 2.52. The van der Waals surface area contributed by atoms with Crippen LogP contribution in [-0.4, -0.2) is 66.4 Å². The van der Waals surface area contributed by atoms with Crippen LogP contribution in [0, 0.1) is 0 Å². The molecule has 22 heavy (non-hydrogen) atoms. The SMILES string of the molecule is CN1CCN(c2cncc(B3OC(C)(C)C(C)(C)O3)n2)CC1. The van der Waals surface area contributed by atoms with Gasteiger partial charge in [0.05, 0.1) is 23.0 Å². The topological polar surface area (TPSA) is 50.7 Å². The molecule has 0 saturated carbocycles. The second-order valence-corrected chi connectivity index (χ2v) is 7.18. The summed E-state index contributed by atoms with van der Waals surface area (Å²) >= 11 is 0. The van der Waals surface area contributed by atoms with Crippen molar-refractivity contribution in [3.05, 3.63) is 12.4 Å². The van der Waals surface area contributed by atoms with Crippen molar-refractivity contribution in [1.82, 2.24) is 14.9 Å². The minimum Gasteiger partial charge on any atom is -0.398 e. The Balaban J connectivity index is 1.78. The fourth-order valence-electron chi connectivity index (χ4n) is 2.64. The number of aromatic nitrogens is 2. The Kier molecular flexibility index (Phi) is 3.91. The molecule has 0 bridgehead atoms. The normalized spacial score (nSPS) is 24.8. The zero-order chi connectivity index (χ0) is 16.0. The lowest BCUT2D eigenvalue weighted by atomic mass is 9.85. The van der Waals surface area contributed by atoms with Gasteiger partial charge in [0.15, 0.2) is 0 Å². The summed E-state index contributed by atoms with van der Waals surface area (Å²) in [5, 5.41) is 0. The molecule has 3 rings (SSSR count). The molecule has 0 amide bonds. The molecule has 2 aliphatic rings. The zero-order valence-electron chi connectivity index (χ0n) is 14.2. The standard InChI is InChI=1S/C15H25BN4O2/c1-14(2)15(3,4)22-16(21-14)12-10-17-11-13(18-12)20-8-6-19(5)7-9-20/h10-11H,6-9H2,1-5H3. The summed E-state index contributed by atoms with van der Waals surface area (Å²) in [6.45, 7) is 12.2. The molecule has 6 nitrogen and oxygen atoms in total. The van der Waals surface area contributed by atoms with Gasteiger partial charge in [0, 0.05) is 32.4 Å². The van der Waals surface area contributed by atoms with E-state index in [0.29, 0.717) is 0 Å². The molecule has 0 radical (unpaired) electrons. The lowest BCUT2D eigenvalue weighted by molar-refractivity contribution is 0.00578. The maximum atomic E-state index is 6.06. The van der Waals surface area contributed by atoms with Crippen LogP contribution < -0.4 is 10.5 Å². The van der Waals surface area contributed by atoms with Gasteiger partial charge in [0.1, 0.15) is 5.82 Å². The summed E-state index contributed by atoms with van der Waals surface area (Å²) in [4.78, 5) is 13.7. The van der Waals surface area contributed by atoms with Gasteiger partial charge in [-0.1, -0.05) is 0 Å². The summed E-state index contributed by atoms with van der Waals surface area (Å²) < 4.78 is 12.1. The van der Waals surface area contributed by atoms with E-state index in [1.807, 2.05) is 33.9 Å². The van der Waals surface area contributed by atoms with Gasteiger partial charge < -0.3 is 19.1 Å². The Bertz CT molecular complexity index is 528. The van der Waals surface area contributed by atoms with Gasteiger partial charge in [0.25, 0.3) is 0 Å². The second-order valence-electron chi connectivity index (χ2n) is 7.18. The third kappa shape index (κ3) is 2.85. The molecule has 2 saturated heterocycles. The Hall–Kier alpha value is -1.18. The first kappa shape index (κ1) is 15.7. The first-order valence-corrected chi connectivity index (χ1v) is 7.90. The van der Waals surface area contributed by atoms with E-state index >= 15 is 0 Å². The highest BCUT2D eigenvalue weighted by molar-refractivity contribution is 6.61. The van der Waals surface area contributed by atoms with E-state index in [4.69, 9.17) is 14.3 Å². The van der Waals surface area contributed by atoms with Crippen LogP contribution in [0.2, 0.25) is 0 Å². The number of hydrogen-bond acceptors (Lipinski definition) is 6. The average Bonchev–Trinajstić information content (AvgIpc) is 2.68. The number of anilines is 1. The smallest absolute Gasteiger partial charge is 0.398 e. The van der Waals surface area contributed by atoms with Crippen molar-refractivity contribution in [3.8, 4) is 0 Å². The van der Waals surface area contributed by atoms with E-state index in [0.717, 1.165) is 37.6 Å². The van der Waals surface area contributed by atoms with Crippen molar-refractivity contribution < 1.29 is 9.31 Å². The van der Waals surface area contributed by atoms with E-state index in [-0.39, 0.29) is 11.2 Å². The van der Waals surface area contributed by atoms with Crippen LogP contribution in [-0.2, 0) is 9.31 Å². The largest absolute Gasteiger partial charge is 0.516 e. The molecule has 0 aromatic carbocycles. The van der Waals surface area contributed by atoms with Crippen LogP contribution in [0.15, 0.2) is 12.4 Å². The molecule has 7 heteroatoms. The number of likely N-dealkylation sites (N-methyl/N-ethyl adjacent to an activating group) is 1. The van der Waals surface area contributed by atoms with Gasteiger partial charge in [0.2, 0.25) is 0 Å². The Morgan fingerprint density at radius 1 is 1.00 bits per heavy atom. The Morgan fingerprint density at radius 2 is 1.59 bits per heavy atom. The lowest BCUT2D eigenvalue weighted by Crippen LogP contribution is -2.46. The average molecular weight is 304 g/mol. The van der Waals surface area contributed by atoms with E-state index in [1.165, 1.54) is 0 Å². The van der Waals surface area contributed by atoms with Gasteiger partial charge in [-0.05, 0) is 34.7 Å². The first-order valence-electron chi connectivity index (χ1n) is 7.90. The third-order valence-electron chi connectivity index (χ3n) is 4.96. The third-order valence-corrected chi connectivity index (χ3v) is 4.96. The number of nitrogens with zero attached hydrogens (tertiary/aromatic N) is 4. The van der Waals surface area contributed by atoms with Crippen LogP contribution in [0.4, 0.5) is 5.82 Å². The van der Waals surface area contributed by atoms with Crippen LogP contribution in [0.1, 0.15) is 27.7 Å². The molecule has 0 N–H and O–H groups in total. The van der Waals surface area contributed by atoms with Crippen LogP contribution in [0.3, 0.4) is 0 Å². The Labute approximate surface area is 133 Å². The predicted octanol–water partition coefficient (Wildman–Crippen LogP) is 0.528. The summed E-state index contributed by atoms with van der Waals surface area (Å²) in [6, 6.07) is 0. The zero-order valence-corrected chi connectivity index (χ0v) is 14.2. The molecule has 1 aromatic heterocycles. The van der Waals surface area contributed by atoms with Gasteiger partial charge in [-0.2, -0.15) is 0 Å². The summed E-state index contributed by atoms with van der Waals surface area (Å²) in [7, 11) is 1.69.